The van der Waals surface area contributed by atoms with E-state index in [9.17, 15) is 9.59 Å². The first-order chi connectivity index (χ1) is 15.1. The van der Waals surface area contributed by atoms with Crippen LogP contribution in [0.15, 0.2) is 51.7 Å². The van der Waals surface area contributed by atoms with Crippen LogP contribution in [-0.4, -0.2) is 41.9 Å². The number of carbonyl (C=O) groups excluding carboxylic acids is 1. The summed E-state index contributed by atoms with van der Waals surface area (Å²) in [6.07, 6.45) is 3.80. The maximum Gasteiger partial charge on any atom is 0.336 e. The van der Waals surface area contributed by atoms with E-state index in [0.29, 0.717) is 18.5 Å². The van der Waals surface area contributed by atoms with Gasteiger partial charge in [0.05, 0.1) is 6.42 Å². The van der Waals surface area contributed by atoms with Crippen molar-refractivity contribution in [2.45, 2.75) is 39.2 Å². The van der Waals surface area contributed by atoms with Gasteiger partial charge in [0.2, 0.25) is 5.91 Å². The molecule has 1 aliphatic heterocycles. The molecule has 0 spiro atoms. The van der Waals surface area contributed by atoms with Crippen molar-refractivity contribution in [1.82, 2.24) is 9.80 Å². The van der Waals surface area contributed by atoms with Crippen LogP contribution in [0.1, 0.15) is 34.2 Å². The van der Waals surface area contributed by atoms with E-state index in [1.54, 1.807) is 6.07 Å². The number of aryl methyl sites for hydroxylation is 3. The van der Waals surface area contributed by atoms with Crippen molar-refractivity contribution in [3.63, 3.8) is 0 Å². The lowest BCUT2D eigenvalue weighted by Crippen LogP contribution is -2.48. The molecule has 31 heavy (non-hydrogen) atoms. The molecule has 1 amide bonds. The highest BCUT2D eigenvalue weighted by molar-refractivity contribution is 5.82. The normalized spacial score (nSPS) is 16.6. The quantitative estimate of drug-likeness (QED) is 0.611. The van der Waals surface area contributed by atoms with Gasteiger partial charge in [-0.2, -0.15) is 0 Å². The summed E-state index contributed by atoms with van der Waals surface area (Å²) in [5.41, 5.74) is 6.41. The first kappa shape index (κ1) is 20.0. The summed E-state index contributed by atoms with van der Waals surface area (Å²) < 4.78 is 5.50. The Morgan fingerprint density at radius 2 is 1.71 bits per heavy atom. The minimum Gasteiger partial charge on any atom is -0.423 e. The van der Waals surface area contributed by atoms with Crippen molar-refractivity contribution < 1.29 is 9.21 Å². The number of nitrogens with zero attached hydrogens (tertiary/aromatic N) is 2. The van der Waals surface area contributed by atoms with Crippen LogP contribution in [0.3, 0.4) is 0 Å². The molecule has 5 heteroatoms. The van der Waals surface area contributed by atoms with E-state index < -0.39 is 0 Å². The molecule has 1 aliphatic carbocycles. The number of hydrogen-bond donors (Lipinski definition) is 0. The van der Waals surface area contributed by atoms with E-state index in [0.717, 1.165) is 61.1 Å². The molecule has 160 valence electrons. The number of amides is 1. The van der Waals surface area contributed by atoms with Gasteiger partial charge in [0.1, 0.15) is 5.58 Å². The molecule has 5 rings (SSSR count). The van der Waals surface area contributed by atoms with Gasteiger partial charge in [0.25, 0.3) is 0 Å². The first-order valence-electron chi connectivity index (χ1n) is 11.2. The van der Waals surface area contributed by atoms with Crippen LogP contribution in [0.2, 0.25) is 0 Å². The second kappa shape index (κ2) is 8.31. The van der Waals surface area contributed by atoms with E-state index in [1.165, 1.54) is 17.5 Å². The zero-order valence-electron chi connectivity index (χ0n) is 18.0. The summed E-state index contributed by atoms with van der Waals surface area (Å²) in [5.74, 6) is 0.190. The number of piperazine rings is 1. The van der Waals surface area contributed by atoms with E-state index in [2.05, 4.69) is 30.0 Å². The van der Waals surface area contributed by atoms with Crippen molar-refractivity contribution in [2.24, 2.45) is 0 Å². The largest absolute Gasteiger partial charge is 0.423 e. The van der Waals surface area contributed by atoms with E-state index in [1.807, 2.05) is 23.1 Å². The SMILES string of the molecule is Cc1ccccc1CC(=O)N1CCN(Cc2cc(=O)oc3cc4c(cc23)CCC4)CC1. The van der Waals surface area contributed by atoms with Gasteiger partial charge in [-0.3, -0.25) is 9.69 Å². The second-order valence-electron chi connectivity index (χ2n) is 8.82. The average molecular weight is 417 g/mol. The molecule has 0 atom stereocenters. The molecule has 0 unspecified atom stereocenters. The number of carbonyl (C=O) groups is 1. The highest BCUT2D eigenvalue weighted by Crippen LogP contribution is 2.29. The summed E-state index contributed by atoms with van der Waals surface area (Å²) in [6, 6.07) is 14.0. The van der Waals surface area contributed by atoms with Crippen molar-refractivity contribution in [2.75, 3.05) is 26.2 Å². The highest BCUT2D eigenvalue weighted by Gasteiger charge is 2.23. The Bertz CT molecular complexity index is 1190. The molecule has 3 aromatic rings. The predicted molar refractivity (Wildman–Crippen MR) is 121 cm³/mol. The zero-order chi connectivity index (χ0) is 21.4. The summed E-state index contributed by atoms with van der Waals surface area (Å²) in [4.78, 5) is 29.2. The molecule has 0 radical (unpaired) electrons. The monoisotopic (exact) mass is 416 g/mol. The van der Waals surface area contributed by atoms with Crippen LogP contribution in [0.25, 0.3) is 11.0 Å². The fourth-order valence-corrected chi connectivity index (χ4v) is 4.90. The minimum absolute atomic E-state index is 0.190. The van der Waals surface area contributed by atoms with Gasteiger partial charge in [-0.25, -0.2) is 4.79 Å². The van der Waals surface area contributed by atoms with Gasteiger partial charge in [-0.05, 0) is 66.1 Å². The Hall–Kier alpha value is -2.92. The van der Waals surface area contributed by atoms with E-state index >= 15 is 0 Å². The fraction of sp³-hybridized carbons (Fsp3) is 0.385. The molecule has 1 fully saturated rings. The lowest BCUT2D eigenvalue weighted by Gasteiger charge is -2.35. The topological polar surface area (TPSA) is 53.8 Å². The Labute approximate surface area is 182 Å². The summed E-state index contributed by atoms with van der Waals surface area (Å²) in [7, 11) is 0. The molecule has 2 aliphatic rings. The first-order valence-corrected chi connectivity index (χ1v) is 11.2. The molecular formula is C26H28N2O3. The Morgan fingerprint density at radius 3 is 2.48 bits per heavy atom. The molecule has 2 heterocycles. The van der Waals surface area contributed by atoms with Crippen LogP contribution in [0.5, 0.6) is 0 Å². The number of rotatable bonds is 4. The third kappa shape index (κ3) is 4.15. The van der Waals surface area contributed by atoms with Crippen LogP contribution in [-0.2, 0) is 30.6 Å². The third-order valence-electron chi connectivity index (χ3n) is 6.76. The lowest BCUT2D eigenvalue weighted by molar-refractivity contribution is -0.132. The van der Waals surface area contributed by atoms with Crippen molar-refractivity contribution in [3.05, 3.63) is 80.7 Å². The molecule has 1 aromatic heterocycles. The van der Waals surface area contributed by atoms with Crippen molar-refractivity contribution in [1.29, 1.82) is 0 Å². The number of hydrogen-bond acceptors (Lipinski definition) is 4. The summed E-state index contributed by atoms with van der Waals surface area (Å²) in [5, 5.41) is 1.05. The van der Waals surface area contributed by atoms with Crippen LogP contribution in [0, 0.1) is 6.92 Å². The van der Waals surface area contributed by atoms with Crippen LogP contribution in [0.4, 0.5) is 0 Å². The Kier molecular flexibility index (Phi) is 5.36. The van der Waals surface area contributed by atoms with Crippen LogP contribution < -0.4 is 5.63 Å². The third-order valence-corrected chi connectivity index (χ3v) is 6.76. The highest BCUT2D eigenvalue weighted by atomic mass is 16.4. The standard InChI is InChI=1S/C26H28N2O3/c1-18-5-2-3-6-19(18)15-25(29)28-11-9-27(10-12-28)17-22-16-26(30)31-24-14-21-8-4-7-20(21)13-23(22)24/h2-3,5-6,13-14,16H,4,7-12,15,17H2,1H3. The van der Waals surface area contributed by atoms with Gasteiger partial charge in [-0.1, -0.05) is 24.3 Å². The zero-order valence-corrected chi connectivity index (χ0v) is 18.0. The average Bonchev–Trinajstić information content (AvgIpc) is 3.22. The van der Waals surface area contributed by atoms with Gasteiger partial charge < -0.3 is 9.32 Å². The maximum absolute atomic E-state index is 12.8. The van der Waals surface area contributed by atoms with Gasteiger partial charge in [-0.15, -0.1) is 0 Å². The molecule has 1 saturated heterocycles. The maximum atomic E-state index is 12.8. The van der Waals surface area contributed by atoms with E-state index in [4.69, 9.17) is 4.42 Å². The Morgan fingerprint density at radius 1 is 0.968 bits per heavy atom. The van der Waals surface area contributed by atoms with Crippen molar-refractivity contribution >= 4 is 16.9 Å². The van der Waals surface area contributed by atoms with Gasteiger partial charge in [0, 0.05) is 44.2 Å². The number of benzene rings is 2. The Balaban J connectivity index is 1.27. The summed E-state index contributed by atoms with van der Waals surface area (Å²) in [6.45, 7) is 5.83. The molecular weight excluding hydrogens is 388 g/mol. The van der Waals surface area contributed by atoms with E-state index in [-0.39, 0.29) is 11.5 Å². The predicted octanol–water partition coefficient (Wildman–Crippen LogP) is 3.48. The number of fused-ring (bicyclic) bond motifs is 2. The molecule has 0 bridgehead atoms. The fourth-order valence-electron chi connectivity index (χ4n) is 4.90. The lowest BCUT2D eigenvalue weighted by atomic mass is 10.0. The molecule has 5 nitrogen and oxygen atoms in total. The van der Waals surface area contributed by atoms with Crippen molar-refractivity contribution in [3.8, 4) is 0 Å². The molecule has 0 saturated carbocycles. The smallest absolute Gasteiger partial charge is 0.336 e. The second-order valence-corrected chi connectivity index (χ2v) is 8.82. The molecule has 2 aromatic carbocycles. The van der Waals surface area contributed by atoms with Gasteiger partial charge in [0.15, 0.2) is 0 Å². The van der Waals surface area contributed by atoms with Gasteiger partial charge >= 0.3 is 5.63 Å². The summed E-state index contributed by atoms with van der Waals surface area (Å²) >= 11 is 0. The molecule has 0 N–H and O–H groups in total. The minimum atomic E-state index is -0.285. The van der Waals surface area contributed by atoms with Crippen LogP contribution >= 0.6 is 0 Å².